The molecule has 1 fully saturated rings. The Morgan fingerprint density at radius 3 is 2.79 bits per heavy atom. The molecule has 3 heteroatoms. The molecule has 0 unspecified atom stereocenters. The monoisotopic (exact) mass is 258 g/mol. The zero-order valence-electron chi connectivity index (χ0n) is 7.80. The van der Waals surface area contributed by atoms with E-state index in [0.29, 0.717) is 23.6 Å². The Morgan fingerprint density at radius 1 is 1.43 bits per heavy atom. The van der Waals surface area contributed by atoms with E-state index in [1.165, 1.54) is 18.9 Å². The van der Waals surface area contributed by atoms with E-state index < -0.39 is 0 Å². The highest BCUT2D eigenvalue weighted by molar-refractivity contribution is 9.08. The van der Waals surface area contributed by atoms with E-state index in [2.05, 4.69) is 15.9 Å². The van der Waals surface area contributed by atoms with Crippen molar-refractivity contribution in [3.63, 3.8) is 0 Å². The molecule has 1 aromatic rings. The van der Waals surface area contributed by atoms with Crippen molar-refractivity contribution in [1.82, 2.24) is 0 Å². The van der Waals surface area contributed by atoms with Crippen LogP contribution in [0.3, 0.4) is 0 Å². The second-order valence-corrected chi connectivity index (χ2v) is 4.21. The van der Waals surface area contributed by atoms with Gasteiger partial charge >= 0.3 is 0 Å². The maximum absolute atomic E-state index is 13.4. The first-order valence-electron chi connectivity index (χ1n) is 4.77. The van der Waals surface area contributed by atoms with Crippen LogP contribution in [0.2, 0.25) is 0 Å². The van der Waals surface area contributed by atoms with Crippen LogP contribution in [-0.4, -0.2) is 6.61 Å². The first kappa shape index (κ1) is 9.97. The van der Waals surface area contributed by atoms with Crippen LogP contribution in [0.25, 0.3) is 0 Å². The van der Waals surface area contributed by atoms with E-state index in [1.807, 2.05) is 6.07 Å². The molecule has 0 bridgehead atoms. The van der Waals surface area contributed by atoms with Crippen LogP contribution in [-0.2, 0) is 5.33 Å². The lowest BCUT2D eigenvalue weighted by Gasteiger charge is -2.06. The zero-order valence-corrected chi connectivity index (χ0v) is 9.39. The minimum atomic E-state index is -0.261. The predicted molar refractivity (Wildman–Crippen MR) is 57.3 cm³/mol. The Hall–Kier alpha value is -0.570. The van der Waals surface area contributed by atoms with Gasteiger partial charge in [-0.3, -0.25) is 0 Å². The van der Waals surface area contributed by atoms with E-state index in [0.717, 1.165) is 5.56 Å². The summed E-state index contributed by atoms with van der Waals surface area (Å²) in [6.45, 7) is 0.657. The summed E-state index contributed by atoms with van der Waals surface area (Å²) < 4.78 is 18.7. The highest BCUT2D eigenvalue weighted by atomic mass is 79.9. The predicted octanol–water partition coefficient (Wildman–Crippen LogP) is 3.51. The van der Waals surface area contributed by atoms with E-state index in [9.17, 15) is 4.39 Å². The van der Waals surface area contributed by atoms with Crippen LogP contribution in [0.4, 0.5) is 4.39 Å². The summed E-state index contributed by atoms with van der Waals surface area (Å²) in [5, 5.41) is 0.673. The van der Waals surface area contributed by atoms with Crippen LogP contribution in [0.1, 0.15) is 18.4 Å². The molecule has 0 amide bonds. The van der Waals surface area contributed by atoms with Gasteiger partial charge in [-0.05, 0) is 36.5 Å². The van der Waals surface area contributed by atoms with Crippen molar-refractivity contribution in [2.45, 2.75) is 18.2 Å². The maximum Gasteiger partial charge on any atom is 0.165 e. The molecule has 1 nitrogen and oxygen atoms in total. The standard InChI is InChI=1S/C11H12BrFO/c12-6-9-3-4-11(10(13)5-9)14-7-8-1-2-8/h3-5,8H,1-2,6-7H2. The van der Waals surface area contributed by atoms with Crippen molar-refractivity contribution >= 4 is 15.9 Å². The minimum absolute atomic E-state index is 0.261. The summed E-state index contributed by atoms with van der Waals surface area (Å²) in [7, 11) is 0. The van der Waals surface area contributed by atoms with Crippen LogP contribution in [0.5, 0.6) is 5.75 Å². The molecule has 0 atom stereocenters. The molecular weight excluding hydrogens is 247 g/mol. The second-order valence-electron chi connectivity index (χ2n) is 3.65. The van der Waals surface area contributed by atoms with Crippen LogP contribution in [0.15, 0.2) is 18.2 Å². The summed E-state index contributed by atoms with van der Waals surface area (Å²) >= 11 is 3.28. The van der Waals surface area contributed by atoms with Crippen LogP contribution >= 0.6 is 15.9 Å². The summed E-state index contributed by atoms with van der Waals surface area (Å²) in [6, 6.07) is 5.09. The molecule has 0 aliphatic heterocycles. The maximum atomic E-state index is 13.4. The lowest BCUT2D eigenvalue weighted by atomic mass is 10.2. The number of halogens is 2. The molecule has 0 saturated heterocycles. The van der Waals surface area contributed by atoms with Crippen molar-refractivity contribution in [1.29, 1.82) is 0 Å². The molecule has 0 aromatic heterocycles. The van der Waals surface area contributed by atoms with Crippen LogP contribution < -0.4 is 4.74 Å². The van der Waals surface area contributed by atoms with Gasteiger partial charge in [0.1, 0.15) is 0 Å². The number of ether oxygens (including phenoxy) is 1. The Balaban J connectivity index is 2.01. The molecule has 1 aliphatic rings. The molecule has 0 spiro atoms. The lowest BCUT2D eigenvalue weighted by molar-refractivity contribution is 0.285. The number of hydrogen-bond donors (Lipinski definition) is 0. The smallest absolute Gasteiger partial charge is 0.165 e. The minimum Gasteiger partial charge on any atom is -0.490 e. The largest absolute Gasteiger partial charge is 0.490 e. The normalized spacial score (nSPS) is 15.6. The van der Waals surface area contributed by atoms with Crippen molar-refractivity contribution in [2.75, 3.05) is 6.61 Å². The second kappa shape index (κ2) is 4.30. The van der Waals surface area contributed by atoms with Gasteiger partial charge in [0.2, 0.25) is 0 Å². The molecule has 1 saturated carbocycles. The third-order valence-corrected chi connectivity index (χ3v) is 2.97. The van der Waals surface area contributed by atoms with E-state index in [1.54, 1.807) is 6.07 Å². The average molecular weight is 259 g/mol. The fraction of sp³-hybridized carbons (Fsp3) is 0.455. The Kier molecular flexibility index (Phi) is 3.06. The lowest BCUT2D eigenvalue weighted by Crippen LogP contribution is -2.00. The van der Waals surface area contributed by atoms with Gasteiger partial charge in [-0.1, -0.05) is 22.0 Å². The number of benzene rings is 1. The van der Waals surface area contributed by atoms with Gasteiger partial charge in [0.05, 0.1) is 6.61 Å². The van der Waals surface area contributed by atoms with E-state index in [-0.39, 0.29) is 5.82 Å². The summed E-state index contributed by atoms with van der Waals surface area (Å²) in [5.41, 5.74) is 0.932. The molecule has 1 aliphatic carbocycles. The molecule has 0 heterocycles. The third kappa shape index (κ3) is 2.47. The Bertz CT molecular complexity index is 323. The Labute approximate surface area is 91.4 Å². The van der Waals surface area contributed by atoms with Gasteiger partial charge in [-0.15, -0.1) is 0 Å². The molecule has 1 aromatic carbocycles. The van der Waals surface area contributed by atoms with Crippen molar-refractivity contribution < 1.29 is 9.13 Å². The quantitative estimate of drug-likeness (QED) is 0.752. The fourth-order valence-electron chi connectivity index (χ4n) is 1.24. The number of hydrogen-bond acceptors (Lipinski definition) is 1. The first-order valence-corrected chi connectivity index (χ1v) is 5.89. The van der Waals surface area contributed by atoms with Gasteiger partial charge < -0.3 is 4.74 Å². The zero-order chi connectivity index (χ0) is 9.97. The van der Waals surface area contributed by atoms with Crippen molar-refractivity contribution in [2.24, 2.45) is 5.92 Å². The molecule has 0 radical (unpaired) electrons. The third-order valence-electron chi connectivity index (χ3n) is 2.32. The van der Waals surface area contributed by atoms with Gasteiger partial charge in [0.25, 0.3) is 0 Å². The molecule has 0 N–H and O–H groups in total. The fourth-order valence-corrected chi connectivity index (χ4v) is 1.59. The summed E-state index contributed by atoms with van der Waals surface area (Å²) in [4.78, 5) is 0. The van der Waals surface area contributed by atoms with Gasteiger partial charge in [0, 0.05) is 5.33 Å². The van der Waals surface area contributed by atoms with E-state index >= 15 is 0 Å². The molecule has 2 rings (SSSR count). The highest BCUT2D eigenvalue weighted by Gasteiger charge is 2.22. The number of alkyl halides is 1. The highest BCUT2D eigenvalue weighted by Crippen LogP contribution is 2.30. The SMILES string of the molecule is Fc1cc(CBr)ccc1OCC1CC1. The van der Waals surface area contributed by atoms with Gasteiger partial charge in [-0.25, -0.2) is 4.39 Å². The van der Waals surface area contributed by atoms with Gasteiger partial charge in [-0.2, -0.15) is 0 Å². The number of rotatable bonds is 4. The van der Waals surface area contributed by atoms with Crippen molar-refractivity contribution in [3.05, 3.63) is 29.6 Å². The topological polar surface area (TPSA) is 9.23 Å². The Morgan fingerprint density at radius 2 is 2.21 bits per heavy atom. The van der Waals surface area contributed by atoms with E-state index in [4.69, 9.17) is 4.74 Å². The summed E-state index contributed by atoms with van der Waals surface area (Å²) in [6.07, 6.45) is 2.45. The average Bonchev–Trinajstić information content (AvgIpc) is 2.99. The van der Waals surface area contributed by atoms with Crippen LogP contribution in [0, 0.1) is 11.7 Å². The summed E-state index contributed by atoms with van der Waals surface area (Å²) in [5.74, 6) is 0.773. The van der Waals surface area contributed by atoms with Crippen molar-refractivity contribution in [3.8, 4) is 5.75 Å². The van der Waals surface area contributed by atoms with Gasteiger partial charge in [0.15, 0.2) is 11.6 Å². The molecule has 14 heavy (non-hydrogen) atoms. The molecule has 76 valence electrons. The first-order chi connectivity index (χ1) is 6.79. The molecular formula is C11H12BrFO.